The van der Waals surface area contributed by atoms with Gasteiger partial charge in [0.2, 0.25) is 16.0 Å². The molecule has 0 saturated carbocycles. The summed E-state index contributed by atoms with van der Waals surface area (Å²) in [5, 5.41) is 12.3. The number of nitrogens with zero attached hydrogens (tertiary/aromatic N) is 5. The minimum atomic E-state index is -4.57. The summed E-state index contributed by atoms with van der Waals surface area (Å²) in [5.41, 5.74) is 13.5. The number of imidazole rings is 1. The number of aliphatic imine (C=N–C) groups is 1. The van der Waals surface area contributed by atoms with Crippen molar-refractivity contribution in [2.24, 2.45) is 33.1 Å². The molecule has 4 rings (SSSR count). The van der Waals surface area contributed by atoms with Crippen molar-refractivity contribution in [3.8, 4) is 11.1 Å². The van der Waals surface area contributed by atoms with E-state index >= 15 is 0 Å². The van der Waals surface area contributed by atoms with Crippen LogP contribution < -0.4 is 16.6 Å². The van der Waals surface area contributed by atoms with Gasteiger partial charge in [-0.1, -0.05) is 18.2 Å². The molecule has 174 valence electrons. The van der Waals surface area contributed by atoms with Crippen LogP contribution >= 0.6 is 0 Å². The van der Waals surface area contributed by atoms with Crippen molar-refractivity contribution in [2.75, 3.05) is 18.9 Å². The van der Waals surface area contributed by atoms with Crippen LogP contribution in [0.15, 0.2) is 55.3 Å². The molecular formula is C19H22N8O4S2. The Labute approximate surface area is 190 Å². The van der Waals surface area contributed by atoms with Crippen molar-refractivity contribution in [1.82, 2.24) is 9.55 Å². The number of sulfonamides is 1. The van der Waals surface area contributed by atoms with Crippen LogP contribution in [0.5, 0.6) is 0 Å². The highest BCUT2D eigenvalue weighted by Gasteiger charge is 2.35. The lowest BCUT2D eigenvalue weighted by molar-refractivity contribution is 0.575. The smallest absolute Gasteiger partial charge is 0.240 e. The molecule has 0 fully saturated rings. The van der Waals surface area contributed by atoms with E-state index in [9.17, 15) is 16.8 Å². The predicted octanol–water partition coefficient (Wildman–Crippen LogP) is 0.761. The van der Waals surface area contributed by atoms with Gasteiger partial charge < -0.3 is 16.0 Å². The van der Waals surface area contributed by atoms with E-state index < -0.39 is 34.9 Å². The number of fused-ring (bicyclic) bond motifs is 1. The molecule has 0 spiro atoms. The number of azo groups is 1. The number of nitrogens with two attached hydrogens (primary N) is 3. The lowest BCUT2D eigenvalue weighted by Crippen LogP contribution is -2.29. The Morgan fingerprint density at radius 3 is 2.45 bits per heavy atom. The van der Waals surface area contributed by atoms with Crippen LogP contribution in [0.3, 0.4) is 0 Å². The molecule has 1 atom stereocenters. The Kier molecular flexibility index (Phi) is 5.56. The van der Waals surface area contributed by atoms with Crippen LogP contribution in [0.2, 0.25) is 0 Å². The van der Waals surface area contributed by atoms with Crippen LogP contribution in [0.1, 0.15) is 12.5 Å². The average molecular weight is 491 g/mol. The highest BCUT2D eigenvalue weighted by Crippen LogP contribution is 2.38. The number of aromatic nitrogens is 2. The van der Waals surface area contributed by atoms with E-state index in [1.165, 1.54) is 19.1 Å². The first kappa shape index (κ1) is 23.0. The monoisotopic (exact) mass is 490 g/mol. The van der Waals surface area contributed by atoms with E-state index in [1.54, 1.807) is 29.8 Å². The molecule has 6 N–H and O–H groups in total. The first-order valence-corrected chi connectivity index (χ1v) is 12.8. The maximum Gasteiger partial charge on any atom is 0.240 e. The zero-order chi connectivity index (χ0) is 24.1. The van der Waals surface area contributed by atoms with Gasteiger partial charge in [0.05, 0.1) is 26.7 Å². The summed E-state index contributed by atoms with van der Waals surface area (Å²) in [6, 6.07) is 7.95. The minimum Gasteiger partial charge on any atom is -0.369 e. The Morgan fingerprint density at radius 2 is 1.85 bits per heavy atom. The standard InChI is InChI=1S/C19H22N8O4S2/c1-10(8-20)32(28,29)14-7-6-11(12-4-3-5-13-16(12)25-19(21)27(13)2)15(17(14)33(22,30)31)18-23-9-24-26-18/h3-7,10H,8-9,20H2,1-2H3,(H2,21,25)(H2,22,30,31)/t10-/m0/s1. The number of nitrogen functional groups attached to an aromatic ring is 1. The van der Waals surface area contributed by atoms with E-state index in [-0.39, 0.29) is 30.6 Å². The number of para-hydroxylation sites is 1. The van der Waals surface area contributed by atoms with Gasteiger partial charge >= 0.3 is 0 Å². The molecule has 12 nitrogen and oxygen atoms in total. The van der Waals surface area contributed by atoms with Gasteiger partial charge in [-0.2, -0.15) is 5.11 Å². The molecule has 0 unspecified atom stereocenters. The van der Waals surface area contributed by atoms with E-state index in [2.05, 4.69) is 20.2 Å². The van der Waals surface area contributed by atoms with Gasteiger partial charge in [-0.25, -0.2) is 32.0 Å². The third kappa shape index (κ3) is 3.70. The van der Waals surface area contributed by atoms with Gasteiger partial charge in [-0.15, -0.1) is 5.11 Å². The maximum absolute atomic E-state index is 13.2. The summed E-state index contributed by atoms with van der Waals surface area (Å²) in [6.45, 7) is 1.15. The van der Waals surface area contributed by atoms with Gasteiger partial charge in [0.1, 0.15) is 4.90 Å². The average Bonchev–Trinajstić information content (AvgIpc) is 3.40. The highest BCUT2D eigenvalue weighted by atomic mass is 32.2. The third-order valence-corrected chi connectivity index (χ3v) is 8.81. The highest BCUT2D eigenvalue weighted by molar-refractivity contribution is 7.94. The Bertz CT molecular complexity index is 1560. The molecule has 2 aromatic carbocycles. The maximum atomic E-state index is 13.2. The van der Waals surface area contributed by atoms with Crippen LogP contribution in [0.25, 0.3) is 22.2 Å². The second-order valence-electron chi connectivity index (χ2n) is 7.52. The third-order valence-electron chi connectivity index (χ3n) is 5.48. The van der Waals surface area contributed by atoms with Crippen molar-refractivity contribution < 1.29 is 16.8 Å². The number of sulfone groups is 1. The number of primary sulfonamides is 1. The molecule has 0 amide bonds. The SMILES string of the molecule is C[C@@H](CN)S(=O)(=O)c1ccc(-c2cccc3c2nc(N)n3C)c(C2=NCN=N2)c1S(N)(=O)=O. The number of aryl methyl sites for hydroxylation is 1. The quantitative estimate of drug-likeness (QED) is 0.452. The predicted molar refractivity (Wildman–Crippen MR) is 124 cm³/mol. The van der Waals surface area contributed by atoms with E-state index in [0.717, 1.165) is 0 Å². The first-order valence-electron chi connectivity index (χ1n) is 9.75. The summed E-state index contributed by atoms with van der Waals surface area (Å²) >= 11 is 0. The fourth-order valence-electron chi connectivity index (χ4n) is 3.67. The molecule has 0 bridgehead atoms. The Morgan fingerprint density at radius 1 is 1.12 bits per heavy atom. The summed E-state index contributed by atoms with van der Waals surface area (Å²) in [6.07, 6.45) is 0. The molecule has 0 aliphatic carbocycles. The molecule has 2 heterocycles. The molecule has 1 aliphatic rings. The van der Waals surface area contributed by atoms with Crippen LogP contribution in [-0.4, -0.2) is 50.7 Å². The minimum absolute atomic E-state index is 0.0320. The summed E-state index contributed by atoms with van der Waals surface area (Å²) in [7, 11) is -6.98. The molecule has 0 saturated heterocycles. The number of hydrogen-bond acceptors (Lipinski definition) is 10. The van der Waals surface area contributed by atoms with Crippen LogP contribution in [0, 0.1) is 0 Å². The molecule has 0 radical (unpaired) electrons. The Balaban J connectivity index is 2.18. The van der Waals surface area contributed by atoms with E-state index in [1.807, 2.05) is 0 Å². The van der Waals surface area contributed by atoms with Crippen LogP contribution in [-0.2, 0) is 26.9 Å². The largest absolute Gasteiger partial charge is 0.369 e. The van der Waals surface area contributed by atoms with Gasteiger partial charge in [-0.05, 0) is 24.6 Å². The number of rotatable bonds is 6. The lowest BCUT2D eigenvalue weighted by atomic mass is 9.97. The van der Waals surface area contributed by atoms with Gasteiger partial charge in [0.25, 0.3) is 0 Å². The number of anilines is 1. The topological polar surface area (TPSA) is 201 Å². The van der Waals surface area contributed by atoms with Gasteiger partial charge in [-0.3, -0.25) is 0 Å². The summed E-state index contributed by atoms with van der Waals surface area (Å²) in [5.74, 6) is 0.201. The number of hydrogen-bond donors (Lipinski definition) is 3. The second kappa shape index (κ2) is 7.98. The van der Waals surface area contributed by atoms with E-state index in [4.69, 9.17) is 16.6 Å². The zero-order valence-corrected chi connectivity index (χ0v) is 19.4. The van der Waals surface area contributed by atoms with E-state index in [0.29, 0.717) is 22.2 Å². The van der Waals surface area contributed by atoms with Gasteiger partial charge in [0.15, 0.2) is 22.3 Å². The second-order valence-corrected chi connectivity index (χ2v) is 11.4. The van der Waals surface area contributed by atoms with Crippen LogP contribution in [0.4, 0.5) is 5.95 Å². The Hall–Kier alpha value is -3.20. The number of benzene rings is 2. The normalized spacial score (nSPS) is 15.2. The molecular weight excluding hydrogens is 468 g/mol. The fraction of sp³-hybridized carbons (Fsp3) is 0.263. The first-order chi connectivity index (χ1) is 15.5. The lowest BCUT2D eigenvalue weighted by Gasteiger charge is -2.19. The molecule has 1 aliphatic heterocycles. The molecule has 33 heavy (non-hydrogen) atoms. The summed E-state index contributed by atoms with van der Waals surface area (Å²) < 4.78 is 53.7. The van der Waals surface area contributed by atoms with Crippen molar-refractivity contribution in [2.45, 2.75) is 22.0 Å². The van der Waals surface area contributed by atoms with Gasteiger partial charge in [0, 0.05) is 19.2 Å². The molecule has 3 aromatic rings. The van der Waals surface area contributed by atoms with Crippen molar-refractivity contribution >= 4 is 42.7 Å². The van der Waals surface area contributed by atoms with Crippen molar-refractivity contribution in [3.05, 3.63) is 35.9 Å². The zero-order valence-electron chi connectivity index (χ0n) is 17.8. The fourth-order valence-corrected chi connectivity index (χ4v) is 6.50. The summed E-state index contributed by atoms with van der Waals surface area (Å²) in [4.78, 5) is 7.46. The van der Waals surface area contributed by atoms with Crippen molar-refractivity contribution in [1.29, 1.82) is 0 Å². The number of amidine groups is 1. The van der Waals surface area contributed by atoms with Crippen molar-refractivity contribution in [3.63, 3.8) is 0 Å². The molecule has 1 aromatic heterocycles. The molecule has 14 heteroatoms.